The molecule has 96 valence electrons. The molecule has 0 spiro atoms. The van der Waals surface area contributed by atoms with E-state index in [1.165, 1.54) is 19.3 Å². The lowest BCUT2D eigenvalue weighted by molar-refractivity contribution is -0.133. The molecule has 1 fully saturated rings. The van der Waals surface area contributed by atoms with E-state index in [-0.39, 0.29) is 11.9 Å². The van der Waals surface area contributed by atoms with Crippen molar-refractivity contribution in [3.63, 3.8) is 0 Å². The first-order valence-corrected chi connectivity index (χ1v) is 6.69. The molecule has 1 saturated heterocycles. The van der Waals surface area contributed by atoms with Gasteiger partial charge in [-0.2, -0.15) is 5.26 Å². The fraction of sp³-hybridized carbons (Fsp3) is 0.846. The third-order valence-electron chi connectivity index (χ3n) is 3.21. The number of rotatable bonds is 6. The maximum atomic E-state index is 11.9. The molecule has 1 rings (SSSR count). The Morgan fingerprint density at radius 1 is 1.41 bits per heavy atom. The summed E-state index contributed by atoms with van der Waals surface area (Å²) in [7, 11) is 0. The maximum absolute atomic E-state index is 11.9. The summed E-state index contributed by atoms with van der Waals surface area (Å²) in [6.07, 6.45) is 6.38. The number of hydrogen-bond donors (Lipinski definition) is 1. The molecule has 0 saturated carbocycles. The molecule has 1 aliphatic heterocycles. The van der Waals surface area contributed by atoms with Gasteiger partial charge in [0.25, 0.3) is 0 Å². The standard InChI is InChI=1S/C13H23N3O/c1-2-3-4-5-6-7-13(17)16-9-8-15-11-12(16)10-14/h12,15H,2-9,11H2,1H3. The van der Waals surface area contributed by atoms with Gasteiger partial charge >= 0.3 is 0 Å². The van der Waals surface area contributed by atoms with E-state index in [9.17, 15) is 4.79 Å². The van der Waals surface area contributed by atoms with Gasteiger partial charge in [0.05, 0.1) is 6.07 Å². The second-order valence-corrected chi connectivity index (χ2v) is 4.60. The molecule has 0 radical (unpaired) electrons. The molecular formula is C13H23N3O. The zero-order chi connectivity index (χ0) is 12.5. The van der Waals surface area contributed by atoms with E-state index in [2.05, 4.69) is 18.3 Å². The Morgan fingerprint density at radius 2 is 2.18 bits per heavy atom. The van der Waals surface area contributed by atoms with Crippen LogP contribution in [0.15, 0.2) is 0 Å². The summed E-state index contributed by atoms with van der Waals surface area (Å²) in [5.74, 6) is 0.148. The van der Waals surface area contributed by atoms with Gasteiger partial charge in [0.2, 0.25) is 5.91 Å². The smallest absolute Gasteiger partial charge is 0.223 e. The Kier molecular flexibility index (Phi) is 6.64. The number of nitrogens with zero attached hydrogens (tertiary/aromatic N) is 2. The molecule has 4 nitrogen and oxygen atoms in total. The van der Waals surface area contributed by atoms with Crippen LogP contribution in [0.1, 0.15) is 45.4 Å². The summed E-state index contributed by atoms with van der Waals surface area (Å²) < 4.78 is 0. The van der Waals surface area contributed by atoms with Gasteiger partial charge in [-0.3, -0.25) is 4.79 Å². The summed E-state index contributed by atoms with van der Waals surface area (Å²) in [5.41, 5.74) is 0. The van der Waals surface area contributed by atoms with Gasteiger partial charge in [0.1, 0.15) is 6.04 Å². The lowest BCUT2D eigenvalue weighted by Crippen LogP contribution is -2.52. The van der Waals surface area contributed by atoms with Gasteiger partial charge in [0.15, 0.2) is 0 Å². The zero-order valence-electron chi connectivity index (χ0n) is 10.7. The second kappa shape index (κ2) is 8.08. The summed E-state index contributed by atoms with van der Waals surface area (Å²) in [6.45, 7) is 4.27. The van der Waals surface area contributed by atoms with E-state index in [0.29, 0.717) is 19.5 Å². The van der Waals surface area contributed by atoms with Gasteiger partial charge in [-0.1, -0.05) is 32.6 Å². The number of hydrogen-bond acceptors (Lipinski definition) is 3. The monoisotopic (exact) mass is 237 g/mol. The molecule has 1 N–H and O–H groups in total. The zero-order valence-corrected chi connectivity index (χ0v) is 10.7. The third kappa shape index (κ3) is 4.74. The molecule has 0 aromatic heterocycles. The SMILES string of the molecule is CCCCCCCC(=O)N1CCNCC1C#N. The van der Waals surface area contributed by atoms with Gasteiger partial charge in [-0.15, -0.1) is 0 Å². The highest BCUT2D eigenvalue weighted by molar-refractivity contribution is 5.77. The van der Waals surface area contributed by atoms with Crippen LogP contribution in [0, 0.1) is 11.3 Å². The van der Waals surface area contributed by atoms with Crippen LogP contribution in [0.25, 0.3) is 0 Å². The average molecular weight is 237 g/mol. The van der Waals surface area contributed by atoms with Crippen molar-refractivity contribution in [1.29, 1.82) is 5.26 Å². The van der Waals surface area contributed by atoms with Crippen molar-refractivity contribution in [2.75, 3.05) is 19.6 Å². The number of nitriles is 1. The van der Waals surface area contributed by atoms with Crippen molar-refractivity contribution >= 4 is 5.91 Å². The number of piperazine rings is 1. The predicted octanol–water partition coefficient (Wildman–Crippen LogP) is 1.67. The lowest BCUT2D eigenvalue weighted by atomic mass is 10.1. The largest absolute Gasteiger partial charge is 0.324 e. The Bertz CT molecular complexity index is 272. The van der Waals surface area contributed by atoms with E-state index in [1.807, 2.05) is 0 Å². The van der Waals surface area contributed by atoms with Crippen molar-refractivity contribution in [3.05, 3.63) is 0 Å². The first kappa shape index (κ1) is 14.0. The number of amides is 1. The summed E-state index contributed by atoms with van der Waals surface area (Å²) in [6, 6.07) is 1.92. The molecule has 1 heterocycles. The number of carbonyl (C=O) groups excluding carboxylic acids is 1. The Hall–Kier alpha value is -1.08. The van der Waals surface area contributed by atoms with E-state index in [4.69, 9.17) is 5.26 Å². The topological polar surface area (TPSA) is 56.1 Å². The van der Waals surface area contributed by atoms with Crippen LogP contribution in [0.2, 0.25) is 0 Å². The molecule has 1 atom stereocenters. The molecule has 4 heteroatoms. The first-order chi connectivity index (χ1) is 8.29. The molecular weight excluding hydrogens is 214 g/mol. The van der Waals surface area contributed by atoms with Crippen LogP contribution >= 0.6 is 0 Å². The highest BCUT2D eigenvalue weighted by Gasteiger charge is 2.25. The minimum Gasteiger partial charge on any atom is -0.324 e. The van der Waals surface area contributed by atoms with E-state index < -0.39 is 0 Å². The van der Waals surface area contributed by atoms with Crippen LogP contribution < -0.4 is 5.32 Å². The van der Waals surface area contributed by atoms with Gasteiger partial charge in [0, 0.05) is 26.1 Å². The number of unbranched alkanes of at least 4 members (excludes halogenated alkanes) is 4. The second-order valence-electron chi connectivity index (χ2n) is 4.60. The first-order valence-electron chi connectivity index (χ1n) is 6.69. The van der Waals surface area contributed by atoms with Crippen LogP contribution in [0.4, 0.5) is 0 Å². The van der Waals surface area contributed by atoms with Crippen LogP contribution in [0.3, 0.4) is 0 Å². The highest BCUT2D eigenvalue weighted by Crippen LogP contribution is 2.10. The molecule has 0 aliphatic carbocycles. The fourth-order valence-electron chi connectivity index (χ4n) is 2.14. The summed E-state index contributed by atoms with van der Waals surface area (Å²) in [5, 5.41) is 12.1. The van der Waals surface area contributed by atoms with Crippen molar-refractivity contribution < 1.29 is 4.79 Å². The summed E-state index contributed by atoms with van der Waals surface area (Å²) >= 11 is 0. The Labute approximate surface area is 104 Å². The molecule has 1 amide bonds. The molecule has 1 aliphatic rings. The minimum absolute atomic E-state index is 0.148. The van der Waals surface area contributed by atoms with Crippen LogP contribution in [0.5, 0.6) is 0 Å². The fourth-order valence-corrected chi connectivity index (χ4v) is 2.14. The average Bonchev–Trinajstić information content (AvgIpc) is 2.38. The van der Waals surface area contributed by atoms with E-state index in [1.54, 1.807) is 4.90 Å². The highest BCUT2D eigenvalue weighted by atomic mass is 16.2. The Balaban J connectivity index is 2.24. The van der Waals surface area contributed by atoms with Crippen molar-refractivity contribution in [3.8, 4) is 6.07 Å². The van der Waals surface area contributed by atoms with Crippen molar-refractivity contribution in [2.45, 2.75) is 51.5 Å². The quantitative estimate of drug-likeness (QED) is 0.715. The molecule has 1 unspecified atom stereocenters. The third-order valence-corrected chi connectivity index (χ3v) is 3.21. The summed E-state index contributed by atoms with van der Waals surface area (Å²) in [4.78, 5) is 13.7. The normalized spacial score (nSPS) is 20.0. The van der Waals surface area contributed by atoms with E-state index >= 15 is 0 Å². The molecule has 0 aromatic carbocycles. The van der Waals surface area contributed by atoms with Crippen molar-refractivity contribution in [2.24, 2.45) is 0 Å². The number of carbonyl (C=O) groups is 1. The van der Waals surface area contributed by atoms with Crippen molar-refractivity contribution in [1.82, 2.24) is 10.2 Å². The van der Waals surface area contributed by atoms with Gasteiger partial charge < -0.3 is 10.2 Å². The van der Waals surface area contributed by atoms with Crippen LogP contribution in [-0.4, -0.2) is 36.5 Å². The van der Waals surface area contributed by atoms with Gasteiger partial charge in [-0.25, -0.2) is 0 Å². The molecule has 17 heavy (non-hydrogen) atoms. The Morgan fingerprint density at radius 3 is 2.88 bits per heavy atom. The number of nitrogens with one attached hydrogen (secondary N) is 1. The van der Waals surface area contributed by atoms with Gasteiger partial charge in [-0.05, 0) is 6.42 Å². The van der Waals surface area contributed by atoms with Crippen LogP contribution in [-0.2, 0) is 4.79 Å². The molecule has 0 aromatic rings. The lowest BCUT2D eigenvalue weighted by Gasteiger charge is -2.32. The molecule has 0 bridgehead atoms. The predicted molar refractivity (Wildman–Crippen MR) is 67.4 cm³/mol. The maximum Gasteiger partial charge on any atom is 0.223 e. The minimum atomic E-state index is -0.271. The van der Waals surface area contributed by atoms with E-state index in [0.717, 1.165) is 19.4 Å².